The maximum absolute atomic E-state index is 5.69. The van der Waals surface area contributed by atoms with Crippen LogP contribution in [0, 0.1) is 0 Å². The van der Waals surface area contributed by atoms with Gasteiger partial charge in [0.15, 0.2) is 0 Å². The lowest BCUT2D eigenvalue weighted by atomic mass is 10.2. The molecule has 20 heavy (non-hydrogen) atoms. The summed E-state index contributed by atoms with van der Waals surface area (Å²) in [6.07, 6.45) is 5.08. The number of rotatable bonds is 4. The number of hydrogen-bond donors (Lipinski definition) is 1. The van der Waals surface area contributed by atoms with Crippen LogP contribution >= 0.6 is 0 Å². The van der Waals surface area contributed by atoms with E-state index in [4.69, 9.17) is 4.74 Å². The fourth-order valence-electron chi connectivity index (χ4n) is 1.90. The standard InChI is InChI=1S/C15H14N4O/c1-16-8-12-9-19-15(10-18-12)20-13-5-4-11-3-2-6-17-14(11)7-13/h2-7,9-10,16H,8H2,1H3. The first-order chi connectivity index (χ1) is 9.85. The van der Waals surface area contributed by atoms with Gasteiger partial charge in [0, 0.05) is 24.2 Å². The van der Waals surface area contributed by atoms with Crippen LogP contribution in [0.4, 0.5) is 0 Å². The van der Waals surface area contributed by atoms with Crippen LogP contribution in [0.2, 0.25) is 0 Å². The van der Waals surface area contributed by atoms with E-state index >= 15 is 0 Å². The van der Waals surface area contributed by atoms with Crippen molar-refractivity contribution in [2.24, 2.45) is 0 Å². The van der Waals surface area contributed by atoms with Crippen LogP contribution in [-0.4, -0.2) is 22.0 Å². The van der Waals surface area contributed by atoms with E-state index in [0.29, 0.717) is 18.2 Å². The Kier molecular flexibility index (Phi) is 3.52. The molecule has 0 aliphatic carbocycles. The number of aromatic nitrogens is 3. The summed E-state index contributed by atoms with van der Waals surface area (Å²) in [5.41, 5.74) is 1.77. The highest BCUT2D eigenvalue weighted by atomic mass is 16.5. The van der Waals surface area contributed by atoms with E-state index in [1.54, 1.807) is 18.6 Å². The molecule has 3 rings (SSSR count). The van der Waals surface area contributed by atoms with Gasteiger partial charge in [-0.05, 0) is 25.2 Å². The molecule has 1 aromatic carbocycles. The second-order valence-electron chi connectivity index (χ2n) is 4.34. The van der Waals surface area contributed by atoms with Crippen molar-refractivity contribution in [1.29, 1.82) is 0 Å². The van der Waals surface area contributed by atoms with Gasteiger partial charge in [-0.15, -0.1) is 0 Å². The Morgan fingerprint density at radius 2 is 2.05 bits per heavy atom. The minimum absolute atomic E-state index is 0.472. The van der Waals surface area contributed by atoms with Gasteiger partial charge in [-0.3, -0.25) is 9.97 Å². The van der Waals surface area contributed by atoms with Crippen LogP contribution in [0.5, 0.6) is 11.6 Å². The first-order valence-electron chi connectivity index (χ1n) is 6.33. The Hall–Kier alpha value is -2.53. The monoisotopic (exact) mass is 266 g/mol. The van der Waals surface area contributed by atoms with Crippen LogP contribution in [-0.2, 0) is 6.54 Å². The third-order valence-corrected chi connectivity index (χ3v) is 2.84. The normalized spacial score (nSPS) is 10.7. The summed E-state index contributed by atoms with van der Waals surface area (Å²) in [6.45, 7) is 0.688. The SMILES string of the molecule is CNCc1cnc(Oc2ccc3cccnc3c2)cn1. The molecular formula is C15H14N4O. The summed E-state index contributed by atoms with van der Waals surface area (Å²) in [5.74, 6) is 1.17. The first kappa shape index (κ1) is 12.5. The van der Waals surface area contributed by atoms with E-state index in [0.717, 1.165) is 16.6 Å². The summed E-state index contributed by atoms with van der Waals surface area (Å²) in [6, 6.07) is 9.68. The van der Waals surface area contributed by atoms with Crippen molar-refractivity contribution in [2.75, 3.05) is 7.05 Å². The molecule has 0 aliphatic rings. The van der Waals surface area contributed by atoms with Crippen molar-refractivity contribution in [3.8, 4) is 11.6 Å². The van der Waals surface area contributed by atoms with Crippen LogP contribution in [0.15, 0.2) is 48.9 Å². The Morgan fingerprint density at radius 1 is 1.10 bits per heavy atom. The highest BCUT2D eigenvalue weighted by Gasteiger charge is 2.02. The van der Waals surface area contributed by atoms with Gasteiger partial charge < -0.3 is 10.1 Å². The molecule has 5 heteroatoms. The fourth-order valence-corrected chi connectivity index (χ4v) is 1.90. The third kappa shape index (κ3) is 2.73. The number of fused-ring (bicyclic) bond motifs is 1. The minimum atomic E-state index is 0.472. The molecular weight excluding hydrogens is 252 g/mol. The van der Waals surface area contributed by atoms with E-state index in [-0.39, 0.29) is 0 Å². The largest absolute Gasteiger partial charge is 0.437 e. The van der Waals surface area contributed by atoms with Gasteiger partial charge in [-0.2, -0.15) is 0 Å². The summed E-state index contributed by atoms with van der Waals surface area (Å²) >= 11 is 0. The molecule has 2 aromatic heterocycles. The van der Waals surface area contributed by atoms with Gasteiger partial charge in [0.25, 0.3) is 0 Å². The molecule has 1 N–H and O–H groups in total. The Morgan fingerprint density at radius 3 is 2.85 bits per heavy atom. The number of ether oxygens (including phenoxy) is 1. The lowest BCUT2D eigenvalue weighted by Crippen LogP contribution is -2.07. The number of hydrogen-bond acceptors (Lipinski definition) is 5. The molecule has 3 aromatic rings. The van der Waals surface area contributed by atoms with E-state index in [1.807, 2.05) is 37.4 Å². The molecule has 0 unspecified atom stereocenters. The van der Waals surface area contributed by atoms with Crippen molar-refractivity contribution < 1.29 is 4.74 Å². The second kappa shape index (κ2) is 5.63. The van der Waals surface area contributed by atoms with Crippen molar-refractivity contribution in [3.05, 3.63) is 54.6 Å². The van der Waals surface area contributed by atoms with E-state index in [1.165, 1.54) is 0 Å². The summed E-state index contributed by atoms with van der Waals surface area (Å²) < 4.78 is 5.69. The smallest absolute Gasteiger partial charge is 0.237 e. The minimum Gasteiger partial charge on any atom is -0.437 e. The molecule has 0 spiro atoms. The summed E-state index contributed by atoms with van der Waals surface area (Å²) in [5, 5.41) is 4.10. The average molecular weight is 266 g/mol. The Balaban J connectivity index is 1.81. The number of nitrogens with zero attached hydrogens (tertiary/aromatic N) is 3. The van der Waals surface area contributed by atoms with Crippen LogP contribution in [0.1, 0.15) is 5.69 Å². The highest BCUT2D eigenvalue weighted by Crippen LogP contribution is 2.22. The van der Waals surface area contributed by atoms with Crippen LogP contribution < -0.4 is 10.1 Å². The quantitative estimate of drug-likeness (QED) is 0.786. The van der Waals surface area contributed by atoms with Gasteiger partial charge in [0.05, 0.1) is 23.6 Å². The first-order valence-corrected chi connectivity index (χ1v) is 6.33. The molecule has 0 bridgehead atoms. The van der Waals surface area contributed by atoms with Crippen molar-refractivity contribution in [3.63, 3.8) is 0 Å². The average Bonchev–Trinajstić information content (AvgIpc) is 2.49. The van der Waals surface area contributed by atoms with Crippen molar-refractivity contribution in [2.45, 2.75) is 6.54 Å². The maximum Gasteiger partial charge on any atom is 0.237 e. The van der Waals surface area contributed by atoms with Gasteiger partial charge >= 0.3 is 0 Å². The van der Waals surface area contributed by atoms with E-state index in [9.17, 15) is 0 Å². The molecule has 0 radical (unpaired) electrons. The van der Waals surface area contributed by atoms with E-state index in [2.05, 4.69) is 20.3 Å². The lowest BCUT2D eigenvalue weighted by Gasteiger charge is -2.06. The topological polar surface area (TPSA) is 59.9 Å². The zero-order chi connectivity index (χ0) is 13.8. The Labute approximate surface area is 116 Å². The predicted octanol–water partition coefficient (Wildman–Crippen LogP) is 2.54. The van der Waals surface area contributed by atoms with Crippen molar-refractivity contribution >= 4 is 10.9 Å². The van der Waals surface area contributed by atoms with Gasteiger partial charge in [-0.25, -0.2) is 4.98 Å². The van der Waals surface area contributed by atoms with E-state index < -0.39 is 0 Å². The van der Waals surface area contributed by atoms with Crippen LogP contribution in [0.25, 0.3) is 10.9 Å². The molecule has 0 fully saturated rings. The molecule has 0 amide bonds. The second-order valence-corrected chi connectivity index (χ2v) is 4.34. The molecule has 5 nitrogen and oxygen atoms in total. The molecule has 0 atom stereocenters. The molecule has 100 valence electrons. The highest BCUT2D eigenvalue weighted by molar-refractivity contribution is 5.79. The fraction of sp³-hybridized carbons (Fsp3) is 0.133. The van der Waals surface area contributed by atoms with Crippen LogP contribution in [0.3, 0.4) is 0 Å². The molecule has 0 saturated heterocycles. The summed E-state index contributed by atoms with van der Waals surface area (Å²) in [4.78, 5) is 12.8. The van der Waals surface area contributed by atoms with Gasteiger partial charge in [0.2, 0.25) is 5.88 Å². The predicted molar refractivity (Wildman–Crippen MR) is 76.6 cm³/mol. The maximum atomic E-state index is 5.69. The third-order valence-electron chi connectivity index (χ3n) is 2.84. The zero-order valence-corrected chi connectivity index (χ0v) is 11.1. The molecule has 2 heterocycles. The zero-order valence-electron chi connectivity index (χ0n) is 11.1. The van der Waals surface area contributed by atoms with Crippen molar-refractivity contribution in [1.82, 2.24) is 20.3 Å². The van der Waals surface area contributed by atoms with Gasteiger partial charge in [0.1, 0.15) is 5.75 Å². The number of nitrogens with one attached hydrogen (secondary N) is 1. The molecule has 0 saturated carbocycles. The Bertz CT molecular complexity index is 712. The number of pyridine rings is 1. The summed E-state index contributed by atoms with van der Waals surface area (Å²) in [7, 11) is 1.87. The van der Waals surface area contributed by atoms with Gasteiger partial charge in [-0.1, -0.05) is 6.07 Å². The number of benzene rings is 1. The molecule has 0 aliphatic heterocycles. The lowest BCUT2D eigenvalue weighted by molar-refractivity contribution is 0.459.